The van der Waals surface area contributed by atoms with Gasteiger partial charge in [0.05, 0.1) is 19.5 Å². The van der Waals surface area contributed by atoms with E-state index in [9.17, 15) is 19.5 Å². The van der Waals surface area contributed by atoms with E-state index in [-0.39, 0.29) is 0 Å². The molecule has 9 heteroatoms. The minimum Gasteiger partial charge on any atom is -0.466 e. The van der Waals surface area contributed by atoms with Crippen LogP contribution in [0.2, 0.25) is 0 Å². The largest absolute Gasteiger partial charge is 0.466 e. The van der Waals surface area contributed by atoms with Crippen molar-refractivity contribution >= 4 is 17.8 Å². The van der Waals surface area contributed by atoms with Gasteiger partial charge in [0, 0.05) is 12.2 Å². The van der Waals surface area contributed by atoms with Crippen LogP contribution in [0.25, 0.3) is 0 Å². The minimum absolute atomic E-state index is 0.566. The van der Waals surface area contributed by atoms with E-state index in [0.29, 0.717) is 0 Å². The van der Waals surface area contributed by atoms with Crippen LogP contribution < -0.4 is 0 Å². The Morgan fingerprint density at radius 1 is 1.37 bits per heavy atom. The molecule has 1 unspecified atom stereocenters. The van der Waals surface area contributed by atoms with Crippen molar-refractivity contribution in [3.05, 3.63) is 24.5 Å². The van der Waals surface area contributed by atoms with Gasteiger partial charge in [-0.2, -0.15) is 4.68 Å². The molecule has 0 radical (unpaired) electrons. The fourth-order valence-corrected chi connectivity index (χ4v) is 0.963. The van der Waals surface area contributed by atoms with Crippen molar-refractivity contribution in [1.82, 2.24) is 15.0 Å². The molecule has 1 aromatic heterocycles. The molecular weight excluding hydrogens is 258 g/mol. The van der Waals surface area contributed by atoms with Gasteiger partial charge in [0.25, 0.3) is 5.91 Å². The van der Waals surface area contributed by atoms with E-state index in [1.54, 1.807) is 0 Å². The van der Waals surface area contributed by atoms with Crippen LogP contribution in [0.3, 0.4) is 0 Å². The lowest BCUT2D eigenvalue weighted by molar-refractivity contribution is -0.141. The number of ether oxygens (including phenoxy) is 2. The zero-order chi connectivity index (χ0) is 14.3. The normalized spacial score (nSPS) is 12.1. The fourth-order valence-electron chi connectivity index (χ4n) is 0.963. The molecule has 1 aromatic rings. The van der Waals surface area contributed by atoms with Gasteiger partial charge in [0.15, 0.2) is 6.10 Å². The van der Waals surface area contributed by atoms with Gasteiger partial charge >= 0.3 is 11.9 Å². The highest BCUT2D eigenvalue weighted by Gasteiger charge is 2.19. The summed E-state index contributed by atoms with van der Waals surface area (Å²) in [4.78, 5) is 33.2. The quantitative estimate of drug-likeness (QED) is 0.509. The van der Waals surface area contributed by atoms with Crippen LogP contribution >= 0.6 is 0 Å². The van der Waals surface area contributed by atoms with Gasteiger partial charge in [-0.1, -0.05) is 5.21 Å². The van der Waals surface area contributed by atoms with Gasteiger partial charge in [-0.25, -0.2) is 9.59 Å². The zero-order valence-corrected chi connectivity index (χ0v) is 9.92. The molecule has 0 amide bonds. The van der Waals surface area contributed by atoms with Crippen LogP contribution in [0.1, 0.15) is 4.79 Å². The molecule has 0 spiro atoms. The molecular formula is C10H11N3O6. The summed E-state index contributed by atoms with van der Waals surface area (Å²) in [5.74, 6) is -2.41. The van der Waals surface area contributed by atoms with Crippen molar-refractivity contribution in [2.45, 2.75) is 6.10 Å². The van der Waals surface area contributed by atoms with Gasteiger partial charge in [-0.15, -0.1) is 5.10 Å². The first-order valence-electron chi connectivity index (χ1n) is 5.06. The van der Waals surface area contributed by atoms with E-state index < -0.39 is 30.6 Å². The van der Waals surface area contributed by atoms with Gasteiger partial charge in [-0.05, 0) is 0 Å². The van der Waals surface area contributed by atoms with Gasteiger partial charge in [0.2, 0.25) is 0 Å². The summed E-state index contributed by atoms with van der Waals surface area (Å²) in [6, 6.07) is 0. The molecule has 0 saturated heterocycles. The van der Waals surface area contributed by atoms with Crippen LogP contribution in [0, 0.1) is 0 Å². The number of nitrogens with zero attached hydrogens (tertiary/aromatic N) is 3. The van der Waals surface area contributed by atoms with Gasteiger partial charge < -0.3 is 14.6 Å². The van der Waals surface area contributed by atoms with E-state index in [1.807, 2.05) is 0 Å². The molecule has 1 N–H and O–H groups in total. The SMILES string of the molecule is COC(=O)/C=C/C(=O)OCC(O)C(=O)n1ccnn1. The zero-order valence-electron chi connectivity index (χ0n) is 9.92. The van der Waals surface area contributed by atoms with E-state index in [4.69, 9.17) is 0 Å². The molecule has 1 heterocycles. The Bertz CT molecular complexity index is 481. The Morgan fingerprint density at radius 2 is 2.05 bits per heavy atom. The number of esters is 2. The molecule has 102 valence electrons. The number of hydrogen-bond donors (Lipinski definition) is 1. The van der Waals surface area contributed by atoms with E-state index in [2.05, 4.69) is 19.8 Å². The predicted molar refractivity (Wildman–Crippen MR) is 58.8 cm³/mol. The van der Waals surface area contributed by atoms with Crippen molar-refractivity contribution in [1.29, 1.82) is 0 Å². The molecule has 9 nitrogen and oxygen atoms in total. The first-order chi connectivity index (χ1) is 9.04. The first kappa shape index (κ1) is 14.5. The second kappa shape index (κ2) is 7.01. The third kappa shape index (κ3) is 4.68. The Hall–Kier alpha value is -2.55. The predicted octanol–water partition coefficient (Wildman–Crippen LogP) is -1.45. The number of carbonyl (C=O) groups excluding carboxylic acids is 3. The molecule has 0 aliphatic carbocycles. The number of aliphatic hydroxyl groups excluding tert-OH is 1. The highest BCUT2D eigenvalue weighted by Crippen LogP contribution is 1.93. The molecule has 0 aliphatic heterocycles. The molecule has 0 saturated carbocycles. The second-order valence-electron chi connectivity index (χ2n) is 3.19. The van der Waals surface area contributed by atoms with Crippen molar-refractivity contribution < 1.29 is 29.0 Å². The molecule has 0 aromatic carbocycles. The summed E-state index contributed by atoms with van der Waals surface area (Å²) in [5, 5.41) is 16.2. The first-order valence-corrected chi connectivity index (χ1v) is 5.06. The van der Waals surface area contributed by atoms with Gasteiger partial charge in [0.1, 0.15) is 6.61 Å². The summed E-state index contributed by atoms with van der Waals surface area (Å²) < 4.78 is 9.62. The third-order valence-corrected chi connectivity index (χ3v) is 1.87. The Labute approximate surface area is 107 Å². The maximum absolute atomic E-state index is 11.5. The van der Waals surface area contributed by atoms with Crippen LogP contribution in [-0.2, 0) is 19.1 Å². The highest BCUT2D eigenvalue weighted by atomic mass is 16.5. The van der Waals surface area contributed by atoms with E-state index in [1.165, 1.54) is 12.4 Å². The maximum atomic E-state index is 11.5. The maximum Gasteiger partial charge on any atom is 0.331 e. The average Bonchev–Trinajstić information content (AvgIpc) is 2.95. The lowest BCUT2D eigenvalue weighted by Crippen LogP contribution is -2.32. The molecule has 0 aliphatic rings. The number of rotatable bonds is 5. The second-order valence-corrected chi connectivity index (χ2v) is 3.19. The number of aromatic nitrogens is 3. The standard InChI is InChI=1S/C10H11N3O6/c1-18-8(15)2-3-9(16)19-6-7(14)10(17)13-5-4-11-12-13/h2-5,7,14H,6H2,1H3/b3-2+. The third-order valence-electron chi connectivity index (χ3n) is 1.87. The smallest absolute Gasteiger partial charge is 0.331 e. The van der Waals surface area contributed by atoms with E-state index in [0.717, 1.165) is 23.9 Å². The molecule has 0 fully saturated rings. The summed E-state index contributed by atoms with van der Waals surface area (Å²) in [7, 11) is 1.15. The Balaban J connectivity index is 2.40. The molecule has 0 bridgehead atoms. The van der Waals surface area contributed by atoms with Crippen molar-refractivity contribution in [3.63, 3.8) is 0 Å². The number of methoxy groups -OCH3 is 1. The monoisotopic (exact) mass is 269 g/mol. The minimum atomic E-state index is -1.57. The lowest BCUT2D eigenvalue weighted by atomic mass is 10.3. The van der Waals surface area contributed by atoms with Crippen molar-refractivity contribution in [3.8, 4) is 0 Å². The van der Waals surface area contributed by atoms with Crippen LogP contribution in [-0.4, -0.2) is 57.8 Å². The summed E-state index contributed by atoms with van der Waals surface area (Å²) >= 11 is 0. The number of hydrogen-bond acceptors (Lipinski definition) is 8. The number of carbonyl (C=O) groups is 3. The Morgan fingerprint density at radius 3 is 2.63 bits per heavy atom. The number of aliphatic hydroxyl groups is 1. The van der Waals surface area contributed by atoms with Crippen molar-refractivity contribution in [2.75, 3.05) is 13.7 Å². The fraction of sp³-hybridized carbons (Fsp3) is 0.300. The van der Waals surface area contributed by atoms with E-state index >= 15 is 0 Å². The van der Waals surface area contributed by atoms with Crippen LogP contribution in [0.4, 0.5) is 0 Å². The Kier molecular flexibility index (Phi) is 5.35. The summed E-state index contributed by atoms with van der Waals surface area (Å²) in [6.07, 6.45) is 2.60. The van der Waals surface area contributed by atoms with Crippen LogP contribution in [0.15, 0.2) is 24.5 Å². The highest BCUT2D eigenvalue weighted by molar-refractivity contribution is 5.91. The molecule has 1 rings (SSSR count). The summed E-state index contributed by atoms with van der Waals surface area (Å²) in [6.45, 7) is -0.566. The topological polar surface area (TPSA) is 121 Å². The van der Waals surface area contributed by atoms with Crippen molar-refractivity contribution in [2.24, 2.45) is 0 Å². The summed E-state index contributed by atoms with van der Waals surface area (Å²) in [5.41, 5.74) is 0. The molecule has 19 heavy (non-hydrogen) atoms. The van der Waals surface area contributed by atoms with Gasteiger partial charge in [-0.3, -0.25) is 4.79 Å². The van der Waals surface area contributed by atoms with Crippen LogP contribution in [0.5, 0.6) is 0 Å². The average molecular weight is 269 g/mol. The molecule has 1 atom stereocenters. The lowest BCUT2D eigenvalue weighted by Gasteiger charge is -2.08.